The lowest BCUT2D eigenvalue weighted by atomic mass is 10.7. The van der Waals surface area contributed by atoms with Gasteiger partial charge in [0.15, 0.2) is 0 Å². The molecule has 0 saturated heterocycles. The van der Waals surface area contributed by atoms with E-state index in [9.17, 15) is 0 Å². The molecule has 0 bridgehead atoms. The zero-order chi connectivity index (χ0) is 10.2. The fraction of sp³-hybridized carbons (Fsp3) is 1.00. The predicted octanol–water partition coefficient (Wildman–Crippen LogP) is 1.25. The summed E-state index contributed by atoms with van der Waals surface area (Å²) in [5.74, 6) is -2.03. The van der Waals surface area contributed by atoms with Crippen molar-refractivity contribution in [1.82, 2.24) is 10.9 Å². The zero-order valence-electron chi connectivity index (χ0n) is 6.52. The molecule has 11 heteroatoms. The molecule has 68 valence electrons. The van der Waals surface area contributed by atoms with Crippen LogP contribution >= 0.6 is 0 Å². The second-order valence-electron chi connectivity index (χ2n) is 1.58. The highest BCUT2D eigenvalue weighted by atomic mass is 15.6. The molecule has 0 heterocycles. The van der Waals surface area contributed by atoms with Crippen LogP contribution in [-0.4, -0.2) is 13.0 Å². The summed E-state index contributed by atoms with van der Waals surface area (Å²) in [6, 6.07) is 0. The van der Waals surface area contributed by atoms with Gasteiger partial charge in [-0.25, -0.2) is 5.43 Å². The smallest absolute Gasteiger partial charge is 0.260 e. The van der Waals surface area contributed by atoms with Gasteiger partial charge < -0.3 is 0 Å². The summed E-state index contributed by atoms with van der Waals surface area (Å²) in [4.78, 5) is 7.07. The average molecular weight is 183 g/mol. The highest BCUT2D eigenvalue weighted by Crippen LogP contribution is 2.11. The number of azide groups is 1. The molecule has 13 heavy (non-hydrogen) atoms. The maximum Gasteiger partial charge on any atom is 0.268 e. The molecule has 0 aromatic carbocycles. The maximum atomic E-state index is 8.11. The van der Waals surface area contributed by atoms with Crippen molar-refractivity contribution in [3.63, 3.8) is 0 Å². The van der Waals surface area contributed by atoms with Gasteiger partial charge in [0.25, 0.3) is 5.91 Å². The van der Waals surface area contributed by atoms with Crippen molar-refractivity contribution in [2.24, 2.45) is 15.3 Å². The van der Waals surface area contributed by atoms with Gasteiger partial charge in [0, 0.05) is 14.7 Å². The predicted molar refractivity (Wildman–Crippen MR) is 42.4 cm³/mol. The number of hydrazine groups is 1. The number of hydrogen-bond acceptors (Lipinski definition) is 5. The first-order valence-electron chi connectivity index (χ1n) is 2.87. The molecular weight excluding hydrogens is 178 g/mol. The number of hydrogen-bond donors (Lipinski definition) is 2. The van der Waals surface area contributed by atoms with Crippen molar-refractivity contribution in [1.29, 1.82) is 0 Å². The molecule has 0 aliphatic rings. The van der Waals surface area contributed by atoms with Crippen molar-refractivity contribution in [2.75, 3.05) is 7.05 Å². The lowest BCUT2D eigenvalue weighted by Gasteiger charge is -2.16. The number of rotatable bonds is 5. The van der Waals surface area contributed by atoms with E-state index in [4.69, 9.17) is 16.6 Å². The Kier molecular flexibility index (Phi) is 4.59. The van der Waals surface area contributed by atoms with E-state index in [0.29, 0.717) is 0 Å². The normalized spacial score (nSPS) is 12.7. The molecule has 2 N–H and O–H groups in total. The van der Waals surface area contributed by atoms with E-state index in [1.54, 1.807) is 0 Å². The molecule has 0 aromatic heterocycles. The Morgan fingerprint density at radius 2 is 1.38 bits per heavy atom. The van der Waals surface area contributed by atoms with E-state index in [0.717, 1.165) is 0 Å². The fourth-order valence-electron chi connectivity index (χ4n) is 0.490. The Bertz CT molecular complexity index is 251. The van der Waals surface area contributed by atoms with Crippen LogP contribution in [0.4, 0.5) is 0 Å². The molecule has 0 atom stereocenters. The van der Waals surface area contributed by atoms with Crippen LogP contribution in [0, 0.1) is 0 Å². The zero-order valence-corrected chi connectivity index (χ0v) is 6.52. The third-order valence-corrected chi connectivity index (χ3v) is 0.845. The first-order chi connectivity index (χ1) is 6.24. The molecular formula is C2H5N11. The number of nitrogens with zero attached hydrogens (tertiary/aromatic N) is 9. The van der Waals surface area contributed by atoms with Gasteiger partial charge in [0.05, 0.1) is 0 Å². The monoisotopic (exact) mass is 183 g/mol. The highest BCUT2D eigenvalue weighted by Gasteiger charge is 2.24. The lowest BCUT2D eigenvalue weighted by Crippen LogP contribution is -2.45. The van der Waals surface area contributed by atoms with Crippen molar-refractivity contribution in [2.45, 2.75) is 5.91 Å². The lowest BCUT2D eigenvalue weighted by molar-refractivity contribution is 0.321. The summed E-state index contributed by atoms with van der Waals surface area (Å²) in [5.41, 5.74) is 28.8. The third-order valence-electron chi connectivity index (χ3n) is 0.845. The maximum absolute atomic E-state index is 8.11. The molecule has 0 spiro atoms. The van der Waals surface area contributed by atoms with Crippen LogP contribution in [0.1, 0.15) is 0 Å². The van der Waals surface area contributed by atoms with Crippen LogP contribution in [0.15, 0.2) is 15.3 Å². The Labute approximate surface area is 71.6 Å². The molecule has 0 saturated carbocycles. The van der Waals surface area contributed by atoms with Crippen LogP contribution in [0.3, 0.4) is 0 Å². The van der Waals surface area contributed by atoms with Gasteiger partial charge >= 0.3 is 0 Å². The Morgan fingerprint density at radius 1 is 1.00 bits per heavy atom. The molecule has 0 rings (SSSR count). The van der Waals surface area contributed by atoms with E-state index in [1.165, 1.54) is 7.05 Å². The minimum Gasteiger partial charge on any atom is -0.260 e. The van der Waals surface area contributed by atoms with Gasteiger partial charge in [-0.2, -0.15) is 0 Å². The van der Waals surface area contributed by atoms with Gasteiger partial charge in [0.2, 0.25) is 0 Å². The molecule has 11 nitrogen and oxygen atoms in total. The van der Waals surface area contributed by atoms with E-state index in [1.807, 2.05) is 0 Å². The van der Waals surface area contributed by atoms with Crippen molar-refractivity contribution < 1.29 is 0 Å². The first-order valence-corrected chi connectivity index (χ1v) is 2.87. The fourth-order valence-corrected chi connectivity index (χ4v) is 0.490. The summed E-state index contributed by atoms with van der Waals surface area (Å²) >= 11 is 0. The van der Waals surface area contributed by atoms with Crippen LogP contribution < -0.4 is 10.9 Å². The minimum absolute atomic E-state index is 1.42. The standard InChI is InChI=1S/C2H5N11/c1-6-7-2(8-11-3,9-12-4)10-13-5/h6-7H,1H3. The van der Waals surface area contributed by atoms with Crippen molar-refractivity contribution >= 4 is 0 Å². The average Bonchev–Trinajstić information content (AvgIpc) is 2.06. The molecule has 0 amide bonds. The minimum atomic E-state index is -2.03. The Morgan fingerprint density at radius 3 is 1.62 bits per heavy atom. The summed E-state index contributed by atoms with van der Waals surface area (Å²) in [5, 5.41) is 8.97. The molecule has 0 aliphatic carbocycles. The molecule has 0 unspecified atom stereocenters. The second-order valence-corrected chi connectivity index (χ2v) is 1.58. The largest absolute Gasteiger partial charge is 0.268 e. The van der Waals surface area contributed by atoms with Gasteiger partial charge in [-0.15, -0.1) is 0 Å². The molecule has 0 fully saturated rings. The second kappa shape index (κ2) is 5.49. The SMILES string of the molecule is CNNC(N=[N+]=[N-])(N=[N+]=[N-])N=[N+]=[N-]. The first kappa shape index (κ1) is 10.8. The van der Waals surface area contributed by atoms with Crippen LogP contribution in [0.2, 0.25) is 0 Å². The van der Waals surface area contributed by atoms with Gasteiger partial charge in [-0.1, -0.05) is 15.3 Å². The van der Waals surface area contributed by atoms with Gasteiger partial charge in [-0.3, -0.25) is 5.43 Å². The topological polar surface area (TPSA) is 170 Å². The van der Waals surface area contributed by atoms with Crippen molar-refractivity contribution in [3.8, 4) is 0 Å². The Hall–Kier alpha value is -2.15. The Balaban J connectivity index is 5.12. The molecule has 0 aliphatic heterocycles. The van der Waals surface area contributed by atoms with Crippen LogP contribution in [0.5, 0.6) is 0 Å². The van der Waals surface area contributed by atoms with E-state index >= 15 is 0 Å². The van der Waals surface area contributed by atoms with E-state index < -0.39 is 5.91 Å². The van der Waals surface area contributed by atoms with Crippen LogP contribution in [-0.2, 0) is 0 Å². The van der Waals surface area contributed by atoms with Gasteiger partial charge in [-0.05, 0) is 23.6 Å². The summed E-state index contributed by atoms with van der Waals surface area (Å²) in [7, 11) is 1.42. The summed E-state index contributed by atoms with van der Waals surface area (Å²) in [6.07, 6.45) is 0. The van der Waals surface area contributed by atoms with E-state index in [2.05, 4.69) is 40.9 Å². The summed E-state index contributed by atoms with van der Waals surface area (Å²) in [6.45, 7) is 0. The molecule has 0 radical (unpaired) electrons. The summed E-state index contributed by atoms with van der Waals surface area (Å²) < 4.78 is 0. The quantitative estimate of drug-likeness (QED) is 0.283. The number of nitrogens with one attached hydrogen (secondary N) is 2. The van der Waals surface area contributed by atoms with Crippen molar-refractivity contribution in [3.05, 3.63) is 31.3 Å². The highest BCUT2D eigenvalue weighted by molar-refractivity contribution is 4.79. The molecule has 0 aromatic rings. The van der Waals surface area contributed by atoms with E-state index in [-0.39, 0.29) is 0 Å². The third kappa shape index (κ3) is 3.16. The van der Waals surface area contributed by atoms with Crippen LogP contribution in [0.25, 0.3) is 31.3 Å². The van der Waals surface area contributed by atoms with Gasteiger partial charge in [0.1, 0.15) is 0 Å².